The number of carbonyl (C=O) groups is 1. The highest BCUT2D eigenvalue weighted by molar-refractivity contribution is 7.97. The van der Waals surface area contributed by atoms with E-state index in [1.807, 2.05) is 24.3 Å². The van der Waals surface area contributed by atoms with Crippen LogP contribution in [0.3, 0.4) is 0 Å². The first-order valence-electron chi connectivity index (χ1n) is 4.13. The molecule has 1 N–H and O–H groups in total. The lowest BCUT2D eigenvalue weighted by molar-refractivity contribution is 0.108. The first-order valence-corrected chi connectivity index (χ1v) is 4.58. The van der Waals surface area contributed by atoms with E-state index in [1.165, 1.54) is 0 Å². The van der Waals surface area contributed by atoms with E-state index in [2.05, 4.69) is 12.6 Å². The fourth-order valence-electron chi connectivity index (χ4n) is 1.40. The molecule has 0 heterocycles. The zero-order chi connectivity index (χ0) is 10.1. The summed E-state index contributed by atoms with van der Waals surface area (Å²) < 4.78 is 0. The van der Waals surface area contributed by atoms with Crippen LogP contribution in [0.25, 0.3) is 10.8 Å². The molecular formula is C11H8O2S. The SMILES string of the molecule is O=C(S)c1cc2ccccc2cc1O. The largest absolute Gasteiger partial charge is 0.507 e. The predicted molar refractivity (Wildman–Crippen MR) is 58.9 cm³/mol. The van der Waals surface area contributed by atoms with Gasteiger partial charge in [-0.2, -0.15) is 0 Å². The molecule has 2 nitrogen and oxygen atoms in total. The van der Waals surface area contributed by atoms with Gasteiger partial charge in [-0.25, -0.2) is 0 Å². The molecule has 0 saturated heterocycles. The summed E-state index contributed by atoms with van der Waals surface area (Å²) in [5.74, 6) is -0.0244. The van der Waals surface area contributed by atoms with E-state index >= 15 is 0 Å². The van der Waals surface area contributed by atoms with E-state index in [0.717, 1.165) is 10.8 Å². The number of rotatable bonds is 1. The Morgan fingerprint density at radius 3 is 2.29 bits per heavy atom. The molecule has 0 amide bonds. The van der Waals surface area contributed by atoms with Crippen molar-refractivity contribution in [3.05, 3.63) is 42.0 Å². The molecule has 0 spiro atoms. The van der Waals surface area contributed by atoms with Crippen LogP contribution >= 0.6 is 12.6 Å². The van der Waals surface area contributed by atoms with Gasteiger partial charge in [0.25, 0.3) is 0 Å². The van der Waals surface area contributed by atoms with Crippen molar-refractivity contribution in [1.82, 2.24) is 0 Å². The Labute approximate surface area is 86.6 Å². The van der Waals surface area contributed by atoms with Crippen LogP contribution in [-0.4, -0.2) is 10.2 Å². The van der Waals surface area contributed by atoms with Crippen LogP contribution in [0.4, 0.5) is 0 Å². The fourth-order valence-corrected chi connectivity index (χ4v) is 1.58. The Kier molecular flexibility index (Phi) is 2.17. The first kappa shape index (κ1) is 9.09. The molecule has 0 aromatic heterocycles. The summed E-state index contributed by atoms with van der Waals surface area (Å²) in [5.41, 5.74) is 0.243. The molecule has 14 heavy (non-hydrogen) atoms. The summed E-state index contributed by atoms with van der Waals surface area (Å²) in [6.45, 7) is 0. The lowest BCUT2D eigenvalue weighted by Gasteiger charge is -2.02. The molecular weight excluding hydrogens is 196 g/mol. The number of benzene rings is 2. The summed E-state index contributed by atoms with van der Waals surface area (Å²) >= 11 is 3.68. The van der Waals surface area contributed by atoms with E-state index in [-0.39, 0.29) is 11.3 Å². The standard InChI is InChI=1S/C11H8O2S/c12-10-6-8-4-2-1-3-7(8)5-9(10)11(13)14/h1-6,12H,(H,13,14). The van der Waals surface area contributed by atoms with Crippen LogP contribution in [0.1, 0.15) is 10.4 Å². The third-order valence-electron chi connectivity index (χ3n) is 2.09. The van der Waals surface area contributed by atoms with Crippen molar-refractivity contribution < 1.29 is 9.90 Å². The summed E-state index contributed by atoms with van der Waals surface area (Å²) in [7, 11) is 0. The molecule has 70 valence electrons. The molecule has 0 bridgehead atoms. The molecule has 0 fully saturated rings. The average Bonchev–Trinajstić information content (AvgIpc) is 2.16. The lowest BCUT2D eigenvalue weighted by atomic mass is 10.1. The Morgan fingerprint density at radius 1 is 1.14 bits per heavy atom. The predicted octanol–water partition coefficient (Wildman–Crippen LogP) is 2.62. The van der Waals surface area contributed by atoms with Crippen molar-refractivity contribution in [2.45, 2.75) is 0 Å². The molecule has 0 aliphatic rings. The summed E-state index contributed by atoms with van der Waals surface area (Å²) in [4.78, 5) is 11.0. The van der Waals surface area contributed by atoms with Gasteiger partial charge >= 0.3 is 0 Å². The number of fused-ring (bicyclic) bond motifs is 1. The maximum atomic E-state index is 11.0. The number of carbonyl (C=O) groups excluding carboxylic acids is 1. The topological polar surface area (TPSA) is 37.3 Å². The highest BCUT2D eigenvalue weighted by Crippen LogP contribution is 2.25. The van der Waals surface area contributed by atoms with E-state index in [1.54, 1.807) is 12.1 Å². The van der Waals surface area contributed by atoms with Crippen molar-refractivity contribution in [2.24, 2.45) is 0 Å². The van der Waals surface area contributed by atoms with Crippen molar-refractivity contribution in [3.8, 4) is 5.75 Å². The number of thiol groups is 1. The molecule has 0 radical (unpaired) electrons. The number of aromatic hydroxyl groups is 1. The molecule has 0 atom stereocenters. The maximum absolute atomic E-state index is 11.0. The number of phenols is 1. The van der Waals surface area contributed by atoms with Crippen LogP contribution < -0.4 is 0 Å². The second-order valence-electron chi connectivity index (χ2n) is 3.02. The Balaban J connectivity index is 2.77. The number of hydrogen-bond donors (Lipinski definition) is 2. The fraction of sp³-hybridized carbons (Fsp3) is 0. The zero-order valence-electron chi connectivity index (χ0n) is 7.27. The average molecular weight is 204 g/mol. The van der Waals surface area contributed by atoms with E-state index in [4.69, 9.17) is 0 Å². The van der Waals surface area contributed by atoms with Gasteiger partial charge in [0.15, 0.2) is 0 Å². The third-order valence-corrected chi connectivity index (χ3v) is 2.34. The Bertz CT molecular complexity index is 506. The molecule has 0 aliphatic heterocycles. The van der Waals surface area contributed by atoms with Gasteiger partial charge < -0.3 is 5.11 Å². The molecule has 2 aromatic rings. The Hall–Kier alpha value is -1.48. The highest BCUT2D eigenvalue weighted by atomic mass is 32.1. The lowest BCUT2D eigenvalue weighted by Crippen LogP contribution is -1.89. The minimum Gasteiger partial charge on any atom is -0.507 e. The molecule has 0 saturated carbocycles. The maximum Gasteiger partial charge on any atom is 0.220 e. The van der Waals surface area contributed by atoms with Crippen LogP contribution in [0.5, 0.6) is 5.75 Å². The van der Waals surface area contributed by atoms with Gasteiger partial charge in [-0.3, -0.25) is 4.79 Å². The summed E-state index contributed by atoms with van der Waals surface area (Å²) in [6, 6.07) is 10.7. The second-order valence-corrected chi connectivity index (χ2v) is 3.43. The van der Waals surface area contributed by atoms with Gasteiger partial charge in [-0.1, -0.05) is 24.3 Å². The molecule has 0 aliphatic carbocycles. The van der Waals surface area contributed by atoms with Crippen LogP contribution in [0, 0.1) is 0 Å². The van der Waals surface area contributed by atoms with Crippen molar-refractivity contribution in [2.75, 3.05) is 0 Å². The van der Waals surface area contributed by atoms with Gasteiger partial charge in [-0.15, -0.1) is 12.6 Å². The normalized spacial score (nSPS) is 10.4. The van der Waals surface area contributed by atoms with Crippen LogP contribution in [0.15, 0.2) is 36.4 Å². The number of phenolic OH excluding ortho intramolecular Hbond substituents is 1. The van der Waals surface area contributed by atoms with Gasteiger partial charge in [0.05, 0.1) is 5.56 Å². The minimum atomic E-state index is -0.423. The van der Waals surface area contributed by atoms with E-state index in [9.17, 15) is 9.90 Å². The molecule has 2 aromatic carbocycles. The monoisotopic (exact) mass is 204 g/mol. The highest BCUT2D eigenvalue weighted by Gasteiger charge is 2.07. The first-order chi connectivity index (χ1) is 6.68. The van der Waals surface area contributed by atoms with Crippen LogP contribution in [-0.2, 0) is 0 Å². The van der Waals surface area contributed by atoms with Crippen molar-refractivity contribution in [3.63, 3.8) is 0 Å². The Morgan fingerprint density at radius 2 is 1.71 bits per heavy atom. The van der Waals surface area contributed by atoms with Crippen LogP contribution in [0.2, 0.25) is 0 Å². The van der Waals surface area contributed by atoms with Gasteiger partial charge in [0, 0.05) is 0 Å². The summed E-state index contributed by atoms with van der Waals surface area (Å²) in [5, 5.41) is 10.9. The third kappa shape index (κ3) is 1.46. The quantitative estimate of drug-likeness (QED) is 0.701. The minimum absolute atomic E-state index is 0.0244. The molecule has 2 rings (SSSR count). The molecule has 3 heteroatoms. The number of hydrogen-bond acceptors (Lipinski definition) is 2. The van der Waals surface area contributed by atoms with Gasteiger partial charge in [0.2, 0.25) is 5.12 Å². The van der Waals surface area contributed by atoms with Crippen molar-refractivity contribution >= 4 is 28.5 Å². The molecule has 0 unspecified atom stereocenters. The van der Waals surface area contributed by atoms with E-state index in [0.29, 0.717) is 0 Å². The van der Waals surface area contributed by atoms with Gasteiger partial charge in [-0.05, 0) is 22.9 Å². The van der Waals surface area contributed by atoms with E-state index < -0.39 is 5.12 Å². The summed E-state index contributed by atoms with van der Waals surface area (Å²) in [6.07, 6.45) is 0. The smallest absolute Gasteiger partial charge is 0.220 e. The van der Waals surface area contributed by atoms with Gasteiger partial charge in [0.1, 0.15) is 5.75 Å². The second kappa shape index (κ2) is 3.35. The van der Waals surface area contributed by atoms with Crippen molar-refractivity contribution in [1.29, 1.82) is 0 Å². The zero-order valence-corrected chi connectivity index (χ0v) is 8.16.